The summed E-state index contributed by atoms with van der Waals surface area (Å²) in [5.41, 5.74) is 3.27. The van der Waals surface area contributed by atoms with Gasteiger partial charge in [0.2, 0.25) is 5.91 Å². The van der Waals surface area contributed by atoms with Crippen molar-refractivity contribution in [2.75, 3.05) is 13.7 Å². The highest BCUT2D eigenvalue weighted by Crippen LogP contribution is 2.19. The van der Waals surface area contributed by atoms with Crippen LogP contribution in [0.25, 0.3) is 0 Å². The van der Waals surface area contributed by atoms with E-state index in [2.05, 4.69) is 5.32 Å². The first kappa shape index (κ1) is 24.0. The quantitative estimate of drug-likeness (QED) is 0.534. The van der Waals surface area contributed by atoms with Gasteiger partial charge in [-0.3, -0.25) is 9.59 Å². The fourth-order valence-corrected chi connectivity index (χ4v) is 3.77. The predicted molar refractivity (Wildman–Crippen MR) is 126 cm³/mol. The predicted octanol–water partition coefficient (Wildman–Crippen LogP) is 4.21. The van der Waals surface area contributed by atoms with Gasteiger partial charge in [0, 0.05) is 25.6 Å². The van der Waals surface area contributed by atoms with Crippen LogP contribution in [-0.2, 0) is 22.6 Å². The van der Waals surface area contributed by atoms with Crippen LogP contribution < -0.4 is 10.1 Å². The highest BCUT2D eigenvalue weighted by atomic mass is 19.1. The average molecular weight is 449 g/mol. The summed E-state index contributed by atoms with van der Waals surface area (Å²) in [4.78, 5) is 27.6. The third-order valence-electron chi connectivity index (χ3n) is 5.37. The molecule has 172 valence electrons. The van der Waals surface area contributed by atoms with Gasteiger partial charge in [0.1, 0.15) is 17.6 Å². The number of nitrogens with zero attached hydrogens (tertiary/aromatic N) is 1. The normalized spacial score (nSPS) is 11.5. The Kier molecular flexibility index (Phi) is 8.19. The fourth-order valence-electron chi connectivity index (χ4n) is 3.77. The van der Waals surface area contributed by atoms with Gasteiger partial charge < -0.3 is 15.0 Å². The van der Waals surface area contributed by atoms with Gasteiger partial charge in [-0.05, 0) is 48.7 Å². The number of benzene rings is 3. The standard InChI is InChI=1S/C27H29FN2O3/c1-19-13-20(2)15-23(14-19)33-18-26(31)30(17-22-11-7-8-12-24(22)28)25(27(32)29-3)16-21-9-5-4-6-10-21/h4-15,25H,16-18H2,1-3H3,(H,29,32). The van der Waals surface area contributed by atoms with Crippen molar-refractivity contribution in [3.05, 3.63) is 101 Å². The van der Waals surface area contributed by atoms with Gasteiger partial charge in [0.05, 0.1) is 0 Å². The lowest BCUT2D eigenvalue weighted by Crippen LogP contribution is -2.51. The van der Waals surface area contributed by atoms with Crippen LogP contribution in [0.3, 0.4) is 0 Å². The molecule has 6 heteroatoms. The van der Waals surface area contributed by atoms with Crippen LogP contribution in [0.4, 0.5) is 4.39 Å². The zero-order valence-corrected chi connectivity index (χ0v) is 19.2. The molecule has 3 rings (SSSR count). The molecule has 3 aromatic carbocycles. The number of aryl methyl sites for hydroxylation is 2. The molecule has 33 heavy (non-hydrogen) atoms. The van der Waals surface area contributed by atoms with Crippen LogP contribution in [0.15, 0.2) is 72.8 Å². The Labute approximate surface area is 194 Å². The first-order valence-electron chi connectivity index (χ1n) is 10.9. The molecule has 5 nitrogen and oxygen atoms in total. The third kappa shape index (κ3) is 6.65. The number of halogens is 1. The minimum atomic E-state index is -0.827. The number of hydrogen-bond donors (Lipinski definition) is 1. The van der Waals surface area contributed by atoms with E-state index in [1.54, 1.807) is 18.2 Å². The van der Waals surface area contributed by atoms with Crippen molar-refractivity contribution in [1.29, 1.82) is 0 Å². The van der Waals surface area contributed by atoms with E-state index in [9.17, 15) is 14.0 Å². The molecule has 0 heterocycles. The van der Waals surface area contributed by atoms with E-state index < -0.39 is 17.8 Å². The number of likely N-dealkylation sites (N-methyl/N-ethyl adjacent to an activating group) is 1. The van der Waals surface area contributed by atoms with E-state index >= 15 is 0 Å². The van der Waals surface area contributed by atoms with Crippen LogP contribution in [0.5, 0.6) is 5.75 Å². The topological polar surface area (TPSA) is 58.6 Å². The molecular weight excluding hydrogens is 419 g/mol. The number of amides is 2. The fraction of sp³-hybridized carbons (Fsp3) is 0.259. The van der Waals surface area contributed by atoms with Crippen molar-refractivity contribution in [1.82, 2.24) is 10.2 Å². The van der Waals surface area contributed by atoms with Gasteiger partial charge >= 0.3 is 0 Å². The molecule has 0 aliphatic carbocycles. The monoisotopic (exact) mass is 448 g/mol. The van der Waals surface area contributed by atoms with Crippen molar-refractivity contribution >= 4 is 11.8 Å². The van der Waals surface area contributed by atoms with Gasteiger partial charge in [-0.15, -0.1) is 0 Å². The molecule has 0 saturated heterocycles. The first-order chi connectivity index (χ1) is 15.9. The second-order valence-corrected chi connectivity index (χ2v) is 8.04. The number of ether oxygens (including phenoxy) is 1. The lowest BCUT2D eigenvalue weighted by molar-refractivity contribution is -0.142. The molecule has 0 saturated carbocycles. The van der Waals surface area contributed by atoms with Gasteiger partial charge in [-0.2, -0.15) is 0 Å². The van der Waals surface area contributed by atoms with Crippen LogP contribution in [0, 0.1) is 19.7 Å². The van der Waals surface area contributed by atoms with Crippen LogP contribution in [0.2, 0.25) is 0 Å². The molecule has 0 radical (unpaired) electrons. The number of hydrogen-bond acceptors (Lipinski definition) is 3. The second-order valence-electron chi connectivity index (χ2n) is 8.04. The Morgan fingerprint density at radius 1 is 0.970 bits per heavy atom. The summed E-state index contributed by atoms with van der Waals surface area (Å²) in [7, 11) is 1.53. The molecule has 0 aliphatic heterocycles. The molecule has 0 fully saturated rings. The largest absolute Gasteiger partial charge is 0.484 e. The van der Waals surface area contributed by atoms with Gasteiger partial charge in [0.15, 0.2) is 6.61 Å². The summed E-state index contributed by atoms with van der Waals surface area (Å²) < 4.78 is 20.2. The Bertz CT molecular complexity index is 1080. The zero-order valence-electron chi connectivity index (χ0n) is 19.2. The lowest BCUT2D eigenvalue weighted by atomic mass is 10.0. The van der Waals surface area contributed by atoms with E-state index in [-0.39, 0.29) is 19.1 Å². The van der Waals surface area contributed by atoms with Gasteiger partial charge in [-0.1, -0.05) is 54.6 Å². The molecule has 0 spiro atoms. The number of rotatable bonds is 9. The lowest BCUT2D eigenvalue weighted by Gasteiger charge is -2.31. The zero-order chi connectivity index (χ0) is 23.8. The van der Waals surface area contributed by atoms with Gasteiger partial charge in [-0.25, -0.2) is 4.39 Å². The molecular formula is C27H29FN2O3. The highest BCUT2D eigenvalue weighted by Gasteiger charge is 2.30. The molecule has 1 atom stereocenters. The molecule has 3 aromatic rings. The van der Waals surface area contributed by atoms with E-state index in [4.69, 9.17) is 4.74 Å². The van der Waals surface area contributed by atoms with Crippen LogP contribution in [-0.4, -0.2) is 36.4 Å². The minimum Gasteiger partial charge on any atom is -0.484 e. The molecule has 2 amide bonds. The summed E-state index contributed by atoms with van der Waals surface area (Å²) >= 11 is 0. The van der Waals surface area contributed by atoms with Crippen LogP contribution >= 0.6 is 0 Å². The first-order valence-corrected chi connectivity index (χ1v) is 10.9. The summed E-state index contributed by atoms with van der Waals surface area (Å²) in [5.74, 6) is -0.580. The van der Waals surface area contributed by atoms with Gasteiger partial charge in [0.25, 0.3) is 5.91 Å². The SMILES string of the molecule is CNC(=O)C(Cc1ccccc1)N(Cc1ccccc1F)C(=O)COc1cc(C)cc(C)c1. The van der Waals surface area contributed by atoms with E-state index in [1.165, 1.54) is 18.0 Å². The molecule has 0 aliphatic rings. The van der Waals surface area contributed by atoms with E-state index in [0.717, 1.165) is 16.7 Å². The van der Waals surface area contributed by atoms with Crippen molar-refractivity contribution in [2.24, 2.45) is 0 Å². The second kappa shape index (κ2) is 11.3. The Morgan fingerprint density at radius 2 is 1.61 bits per heavy atom. The minimum absolute atomic E-state index is 0.0490. The third-order valence-corrected chi connectivity index (χ3v) is 5.37. The summed E-state index contributed by atoms with van der Waals surface area (Å²) in [6, 6.07) is 20.6. The number of carbonyl (C=O) groups is 2. The maximum absolute atomic E-state index is 14.5. The molecule has 0 aromatic heterocycles. The summed E-state index contributed by atoms with van der Waals surface area (Å²) in [5, 5.41) is 2.64. The van der Waals surface area contributed by atoms with Crippen molar-refractivity contribution in [3.8, 4) is 5.75 Å². The maximum atomic E-state index is 14.5. The number of carbonyl (C=O) groups excluding carboxylic acids is 2. The number of nitrogens with one attached hydrogen (secondary N) is 1. The maximum Gasteiger partial charge on any atom is 0.261 e. The molecule has 1 unspecified atom stereocenters. The Hall–Kier alpha value is -3.67. The van der Waals surface area contributed by atoms with E-state index in [1.807, 2.05) is 62.4 Å². The van der Waals surface area contributed by atoms with Crippen molar-refractivity contribution in [2.45, 2.75) is 32.9 Å². The van der Waals surface area contributed by atoms with E-state index in [0.29, 0.717) is 17.7 Å². The summed E-state index contributed by atoms with van der Waals surface area (Å²) in [6.45, 7) is 3.59. The Morgan fingerprint density at radius 3 is 2.24 bits per heavy atom. The summed E-state index contributed by atoms with van der Waals surface area (Å²) in [6.07, 6.45) is 0.296. The Balaban J connectivity index is 1.89. The van der Waals surface area contributed by atoms with Crippen molar-refractivity contribution in [3.63, 3.8) is 0 Å². The highest BCUT2D eigenvalue weighted by molar-refractivity contribution is 5.88. The molecule has 1 N–H and O–H groups in total. The van der Waals surface area contributed by atoms with Crippen molar-refractivity contribution < 1.29 is 18.7 Å². The average Bonchev–Trinajstić information content (AvgIpc) is 2.80. The van der Waals surface area contributed by atoms with Crippen LogP contribution in [0.1, 0.15) is 22.3 Å². The molecule has 0 bridgehead atoms. The smallest absolute Gasteiger partial charge is 0.261 e.